The SMILES string of the molecule is Cc1ccc(C2(C)Oc3cccc(C4=CCN(Cc5nc6sc(C(=O)O)nc6n5CC5CCO5)CC4)c3O2)c(F)c1. The summed E-state index contributed by atoms with van der Waals surface area (Å²) in [4.78, 5) is 23.5. The van der Waals surface area contributed by atoms with Crippen LogP contribution in [0.2, 0.25) is 0 Å². The highest BCUT2D eigenvalue weighted by molar-refractivity contribution is 7.19. The predicted molar refractivity (Wildman–Crippen MR) is 151 cm³/mol. The second kappa shape index (κ2) is 9.93. The van der Waals surface area contributed by atoms with E-state index in [9.17, 15) is 14.3 Å². The lowest BCUT2D eigenvalue weighted by molar-refractivity contribution is -0.0708. The fourth-order valence-electron chi connectivity index (χ4n) is 5.67. The van der Waals surface area contributed by atoms with Crippen molar-refractivity contribution < 1.29 is 28.5 Å². The molecular formula is C30H29FN4O5S. The van der Waals surface area contributed by atoms with E-state index < -0.39 is 11.8 Å². The fraction of sp³-hybridized carbons (Fsp3) is 0.367. The maximum absolute atomic E-state index is 14.9. The number of carboxylic acid groups (broad SMARTS) is 1. The summed E-state index contributed by atoms with van der Waals surface area (Å²) < 4.78 is 35.0. The van der Waals surface area contributed by atoms with Gasteiger partial charge in [0, 0.05) is 32.2 Å². The molecule has 1 fully saturated rings. The van der Waals surface area contributed by atoms with Crippen LogP contribution >= 0.6 is 11.3 Å². The molecule has 7 rings (SSSR count). The van der Waals surface area contributed by atoms with Crippen molar-refractivity contribution in [3.8, 4) is 11.5 Å². The molecule has 1 saturated heterocycles. The molecule has 2 unspecified atom stereocenters. The van der Waals surface area contributed by atoms with Gasteiger partial charge in [-0.15, -0.1) is 0 Å². The number of nitrogens with zero attached hydrogens (tertiary/aromatic N) is 4. The fourth-order valence-corrected chi connectivity index (χ4v) is 6.47. The minimum absolute atomic E-state index is 0.0469. The summed E-state index contributed by atoms with van der Waals surface area (Å²) in [6, 6.07) is 10.9. The zero-order chi connectivity index (χ0) is 28.3. The van der Waals surface area contributed by atoms with E-state index in [2.05, 4.69) is 16.0 Å². The van der Waals surface area contributed by atoms with Crippen molar-refractivity contribution in [2.75, 3.05) is 19.7 Å². The second-order valence-electron chi connectivity index (χ2n) is 10.9. The van der Waals surface area contributed by atoms with Gasteiger partial charge in [0.05, 0.1) is 24.8 Å². The summed E-state index contributed by atoms with van der Waals surface area (Å²) in [5.74, 6) is -0.559. The molecule has 4 aromatic rings. The van der Waals surface area contributed by atoms with Crippen molar-refractivity contribution in [3.05, 3.63) is 75.8 Å². The van der Waals surface area contributed by atoms with Crippen molar-refractivity contribution in [1.82, 2.24) is 19.4 Å². The molecule has 41 heavy (non-hydrogen) atoms. The van der Waals surface area contributed by atoms with Gasteiger partial charge in [-0.25, -0.2) is 19.2 Å². The first-order chi connectivity index (χ1) is 19.8. The van der Waals surface area contributed by atoms with Gasteiger partial charge in [0.15, 0.2) is 22.0 Å². The van der Waals surface area contributed by atoms with Crippen LogP contribution in [0.15, 0.2) is 42.5 Å². The highest BCUT2D eigenvalue weighted by atomic mass is 32.1. The maximum Gasteiger partial charge on any atom is 0.365 e. The number of hydrogen-bond donors (Lipinski definition) is 1. The Morgan fingerprint density at radius 1 is 1.24 bits per heavy atom. The van der Waals surface area contributed by atoms with Crippen molar-refractivity contribution in [1.29, 1.82) is 0 Å². The molecule has 9 nitrogen and oxygen atoms in total. The van der Waals surface area contributed by atoms with E-state index in [4.69, 9.17) is 19.2 Å². The molecule has 0 saturated carbocycles. The van der Waals surface area contributed by atoms with Crippen molar-refractivity contribution in [2.45, 2.75) is 51.7 Å². The molecule has 0 amide bonds. The number of benzene rings is 2. The first kappa shape index (κ1) is 26.1. The molecular weight excluding hydrogens is 547 g/mol. The molecule has 1 N–H and O–H groups in total. The number of aryl methyl sites for hydroxylation is 1. The van der Waals surface area contributed by atoms with Gasteiger partial charge < -0.3 is 23.9 Å². The summed E-state index contributed by atoms with van der Waals surface area (Å²) in [5, 5.41) is 9.44. The van der Waals surface area contributed by atoms with Gasteiger partial charge in [-0.1, -0.05) is 35.6 Å². The van der Waals surface area contributed by atoms with Crippen molar-refractivity contribution in [3.63, 3.8) is 0 Å². The highest BCUT2D eigenvalue weighted by Gasteiger charge is 2.42. The Morgan fingerprint density at radius 2 is 2.10 bits per heavy atom. The Morgan fingerprint density at radius 3 is 2.80 bits per heavy atom. The molecule has 0 spiro atoms. The van der Waals surface area contributed by atoms with Gasteiger partial charge in [-0.05, 0) is 49.1 Å². The van der Waals surface area contributed by atoms with Crippen LogP contribution in [0.5, 0.6) is 11.5 Å². The lowest BCUT2D eigenvalue weighted by Crippen LogP contribution is -2.34. The zero-order valence-electron chi connectivity index (χ0n) is 22.7. The Labute approximate surface area is 239 Å². The van der Waals surface area contributed by atoms with E-state index in [1.807, 2.05) is 35.8 Å². The number of hydrogen-bond acceptors (Lipinski definition) is 8. The van der Waals surface area contributed by atoms with Crippen LogP contribution in [0, 0.1) is 12.7 Å². The Hall–Kier alpha value is -3.80. The smallest absolute Gasteiger partial charge is 0.365 e. The molecule has 2 aromatic heterocycles. The molecule has 2 aromatic carbocycles. The first-order valence-corrected chi connectivity index (χ1v) is 14.5. The monoisotopic (exact) mass is 576 g/mol. The van der Waals surface area contributed by atoms with E-state index >= 15 is 0 Å². The summed E-state index contributed by atoms with van der Waals surface area (Å²) in [7, 11) is 0. The summed E-state index contributed by atoms with van der Waals surface area (Å²) >= 11 is 1.10. The third-order valence-electron chi connectivity index (χ3n) is 7.95. The molecule has 212 valence electrons. The molecule has 3 aliphatic rings. The van der Waals surface area contributed by atoms with Crippen LogP contribution in [-0.2, 0) is 23.6 Å². The number of ether oxygens (including phenoxy) is 3. The van der Waals surface area contributed by atoms with Gasteiger partial charge >= 0.3 is 5.97 Å². The molecule has 5 heterocycles. The number of aromatic nitrogens is 3. The Kier molecular flexibility index (Phi) is 6.33. The molecule has 3 aliphatic heterocycles. The van der Waals surface area contributed by atoms with Gasteiger partial charge in [0.2, 0.25) is 5.01 Å². The van der Waals surface area contributed by atoms with E-state index in [1.54, 1.807) is 13.0 Å². The van der Waals surface area contributed by atoms with Crippen LogP contribution < -0.4 is 9.47 Å². The lowest BCUT2D eigenvalue weighted by atomic mass is 9.98. The Balaban J connectivity index is 1.11. The number of imidazole rings is 1. The largest absolute Gasteiger partial charge is 0.476 e. The summed E-state index contributed by atoms with van der Waals surface area (Å²) in [5.41, 5.74) is 3.91. The predicted octanol–water partition coefficient (Wildman–Crippen LogP) is 5.36. The first-order valence-electron chi connectivity index (χ1n) is 13.7. The van der Waals surface area contributed by atoms with Crippen molar-refractivity contribution in [2.24, 2.45) is 0 Å². The van der Waals surface area contributed by atoms with Crippen LogP contribution in [-0.4, -0.2) is 56.3 Å². The quantitative estimate of drug-likeness (QED) is 0.314. The van der Waals surface area contributed by atoms with Crippen LogP contribution in [0.25, 0.3) is 16.1 Å². The topological polar surface area (TPSA) is 98.9 Å². The lowest BCUT2D eigenvalue weighted by Gasteiger charge is -2.29. The van der Waals surface area contributed by atoms with Gasteiger partial charge in [0.25, 0.3) is 5.79 Å². The molecule has 0 bridgehead atoms. The number of para-hydroxylation sites is 1. The third-order valence-corrected chi connectivity index (χ3v) is 8.88. The van der Waals surface area contributed by atoms with Gasteiger partial charge in [-0.2, -0.15) is 0 Å². The molecule has 0 aliphatic carbocycles. The van der Waals surface area contributed by atoms with E-state index in [0.717, 1.165) is 59.9 Å². The number of carboxylic acids is 1. The molecule has 11 heteroatoms. The number of aromatic carboxylic acids is 1. The van der Waals surface area contributed by atoms with E-state index in [1.165, 1.54) is 6.07 Å². The second-order valence-corrected chi connectivity index (χ2v) is 11.8. The summed E-state index contributed by atoms with van der Waals surface area (Å²) in [6.07, 6.45) is 4.04. The number of thiazole rings is 1. The zero-order valence-corrected chi connectivity index (χ0v) is 23.5. The maximum atomic E-state index is 14.9. The molecule has 0 radical (unpaired) electrons. The average molecular weight is 577 g/mol. The average Bonchev–Trinajstić information content (AvgIpc) is 3.57. The number of rotatable bonds is 7. The van der Waals surface area contributed by atoms with Crippen LogP contribution in [0.4, 0.5) is 4.39 Å². The van der Waals surface area contributed by atoms with Crippen molar-refractivity contribution >= 4 is 33.4 Å². The Bertz CT molecular complexity index is 1710. The third kappa shape index (κ3) is 4.67. The normalized spacial score (nSPS) is 22.1. The van der Waals surface area contributed by atoms with Gasteiger partial charge in [0.1, 0.15) is 11.6 Å². The highest BCUT2D eigenvalue weighted by Crippen LogP contribution is 2.49. The number of carbonyl (C=O) groups is 1. The summed E-state index contributed by atoms with van der Waals surface area (Å²) in [6.45, 7) is 7.06. The van der Waals surface area contributed by atoms with Crippen LogP contribution in [0.3, 0.4) is 0 Å². The van der Waals surface area contributed by atoms with Crippen LogP contribution in [0.1, 0.15) is 52.1 Å². The standard InChI is InChI=1S/C30H29FN4O5S/c1-17-6-7-21(22(31)14-17)30(2)39-23-5-3-4-20(25(23)40-30)18-8-11-34(12-9-18)16-24-32-27-26(33-28(41-27)29(36)37)35(24)15-19-10-13-38-19/h3-8,14,19H,9-13,15-16H2,1-2H3,(H,36,37). The minimum Gasteiger partial charge on any atom is -0.476 e. The number of halogens is 1. The number of fused-ring (bicyclic) bond motifs is 2. The molecule has 2 atom stereocenters. The van der Waals surface area contributed by atoms with E-state index in [0.29, 0.717) is 47.2 Å². The van der Waals surface area contributed by atoms with Gasteiger partial charge in [-0.3, -0.25) is 4.90 Å². The van der Waals surface area contributed by atoms with E-state index in [-0.39, 0.29) is 16.9 Å². The minimum atomic E-state index is -1.25.